The van der Waals surface area contributed by atoms with Crippen LogP contribution in [0.5, 0.6) is 11.6 Å². The predicted molar refractivity (Wildman–Crippen MR) is 80.4 cm³/mol. The van der Waals surface area contributed by atoms with Crippen LogP contribution in [0.3, 0.4) is 0 Å². The molecule has 0 N–H and O–H groups in total. The zero-order valence-corrected chi connectivity index (χ0v) is 12.1. The Balaban J connectivity index is 2.09. The molecule has 0 saturated carbocycles. The van der Waals surface area contributed by atoms with Gasteiger partial charge in [0, 0.05) is 16.6 Å². The van der Waals surface area contributed by atoms with Gasteiger partial charge in [-0.3, -0.25) is 10.1 Å². The minimum absolute atomic E-state index is 0.0311. The molecule has 0 unspecified atom stereocenters. The van der Waals surface area contributed by atoms with Gasteiger partial charge >= 0.3 is 0 Å². The van der Waals surface area contributed by atoms with Crippen LogP contribution in [0.4, 0.5) is 5.69 Å². The average molecular weight is 346 g/mol. The first-order valence-electron chi connectivity index (χ1n) is 5.96. The Kier molecular flexibility index (Phi) is 3.49. The normalized spacial score (nSPS) is 10.5. The van der Waals surface area contributed by atoms with E-state index in [-0.39, 0.29) is 11.6 Å². The largest absolute Gasteiger partial charge is 0.438 e. The second kappa shape index (κ2) is 5.45. The van der Waals surface area contributed by atoms with Gasteiger partial charge in [-0.15, -0.1) is 0 Å². The molecule has 0 radical (unpaired) electrons. The fourth-order valence-electron chi connectivity index (χ4n) is 1.86. The summed E-state index contributed by atoms with van der Waals surface area (Å²) in [4.78, 5) is 18.6. The molecule has 2 aromatic carbocycles. The van der Waals surface area contributed by atoms with Gasteiger partial charge in [0.1, 0.15) is 12.1 Å². The van der Waals surface area contributed by atoms with Gasteiger partial charge in [0.15, 0.2) is 0 Å². The molecule has 6 nitrogen and oxygen atoms in total. The van der Waals surface area contributed by atoms with Crippen LogP contribution < -0.4 is 4.74 Å². The summed E-state index contributed by atoms with van der Waals surface area (Å²) < 4.78 is 6.57. The van der Waals surface area contributed by atoms with Gasteiger partial charge in [0.05, 0.1) is 15.8 Å². The number of hydrogen-bond acceptors (Lipinski definition) is 5. The molecular weight excluding hydrogens is 338 g/mol. The van der Waals surface area contributed by atoms with Gasteiger partial charge in [0.25, 0.3) is 5.69 Å². The van der Waals surface area contributed by atoms with E-state index in [0.717, 1.165) is 4.47 Å². The SMILES string of the molecule is O=[N+]([O-])c1ccc2ncnc(Oc3cccc(Br)c3)c2c1. The Bertz CT molecular complexity index is 839. The second-order valence-electron chi connectivity index (χ2n) is 4.20. The van der Waals surface area contributed by atoms with Crippen LogP contribution in [0.15, 0.2) is 53.3 Å². The molecule has 0 aliphatic rings. The fourth-order valence-corrected chi connectivity index (χ4v) is 2.24. The first kappa shape index (κ1) is 13.4. The smallest absolute Gasteiger partial charge is 0.270 e. The van der Waals surface area contributed by atoms with Crippen LogP contribution in [-0.2, 0) is 0 Å². The molecule has 1 aromatic heterocycles. The van der Waals surface area contributed by atoms with Gasteiger partial charge in [-0.25, -0.2) is 9.97 Å². The van der Waals surface area contributed by atoms with Crippen molar-refractivity contribution >= 4 is 32.5 Å². The molecule has 0 aliphatic heterocycles. The number of aromatic nitrogens is 2. The van der Waals surface area contributed by atoms with Crippen LogP contribution in [0, 0.1) is 10.1 Å². The average Bonchev–Trinajstić information content (AvgIpc) is 2.47. The summed E-state index contributed by atoms with van der Waals surface area (Å²) in [5.74, 6) is 0.859. The van der Waals surface area contributed by atoms with Crippen LogP contribution in [0.25, 0.3) is 10.9 Å². The molecule has 0 amide bonds. The van der Waals surface area contributed by atoms with Crippen molar-refractivity contribution in [1.29, 1.82) is 0 Å². The summed E-state index contributed by atoms with van der Waals surface area (Å²) in [6.45, 7) is 0. The molecule has 0 atom stereocenters. The predicted octanol–water partition coefficient (Wildman–Crippen LogP) is 4.09. The van der Waals surface area contributed by atoms with E-state index < -0.39 is 4.92 Å². The zero-order valence-electron chi connectivity index (χ0n) is 10.6. The van der Waals surface area contributed by atoms with Crippen molar-refractivity contribution in [3.63, 3.8) is 0 Å². The third-order valence-electron chi connectivity index (χ3n) is 2.80. The van der Waals surface area contributed by atoms with E-state index in [2.05, 4.69) is 25.9 Å². The van der Waals surface area contributed by atoms with Gasteiger partial charge in [0.2, 0.25) is 5.88 Å². The molecule has 0 saturated heterocycles. The molecule has 21 heavy (non-hydrogen) atoms. The van der Waals surface area contributed by atoms with Gasteiger partial charge in [-0.05, 0) is 24.3 Å². The summed E-state index contributed by atoms with van der Waals surface area (Å²) in [5.41, 5.74) is 0.553. The molecule has 104 valence electrons. The minimum Gasteiger partial charge on any atom is -0.438 e. The highest BCUT2D eigenvalue weighted by atomic mass is 79.9. The summed E-state index contributed by atoms with van der Waals surface area (Å²) in [6.07, 6.45) is 1.36. The molecule has 0 fully saturated rings. The number of halogens is 1. The van der Waals surface area contributed by atoms with Crippen molar-refractivity contribution in [1.82, 2.24) is 9.97 Å². The maximum atomic E-state index is 10.9. The standard InChI is InChI=1S/C14H8BrN3O3/c15-9-2-1-3-11(6-9)21-14-12-7-10(18(19)20)4-5-13(12)16-8-17-14/h1-8H. The first-order valence-corrected chi connectivity index (χ1v) is 6.75. The van der Waals surface area contributed by atoms with E-state index in [9.17, 15) is 10.1 Å². The van der Waals surface area contributed by atoms with Crippen LogP contribution >= 0.6 is 15.9 Å². The van der Waals surface area contributed by atoms with Crippen LogP contribution in [0.2, 0.25) is 0 Å². The number of hydrogen-bond donors (Lipinski definition) is 0. The highest BCUT2D eigenvalue weighted by Gasteiger charge is 2.12. The first-order chi connectivity index (χ1) is 10.1. The summed E-state index contributed by atoms with van der Waals surface area (Å²) >= 11 is 3.35. The molecule has 3 aromatic rings. The lowest BCUT2D eigenvalue weighted by Gasteiger charge is -2.07. The van der Waals surface area contributed by atoms with E-state index in [1.807, 2.05) is 12.1 Å². The highest BCUT2D eigenvalue weighted by Crippen LogP contribution is 2.30. The van der Waals surface area contributed by atoms with Crippen LogP contribution in [-0.4, -0.2) is 14.9 Å². The van der Waals surface area contributed by atoms with E-state index in [0.29, 0.717) is 16.7 Å². The Hall–Kier alpha value is -2.54. The molecule has 7 heteroatoms. The summed E-state index contributed by atoms with van der Waals surface area (Å²) in [6, 6.07) is 11.6. The number of rotatable bonds is 3. The lowest BCUT2D eigenvalue weighted by atomic mass is 10.2. The number of non-ortho nitro benzene ring substituents is 1. The monoisotopic (exact) mass is 345 g/mol. The van der Waals surface area contributed by atoms with Crippen molar-refractivity contribution < 1.29 is 9.66 Å². The zero-order chi connectivity index (χ0) is 14.8. The number of benzene rings is 2. The van der Waals surface area contributed by atoms with Crippen molar-refractivity contribution in [2.24, 2.45) is 0 Å². The Labute approximate surface area is 127 Å². The topological polar surface area (TPSA) is 78.2 Å². The highest BCUT2D eigenvalue weighted by molar-refractivity contribution is 9.10. The van der Waals surface area contributed by atoms with E-state index in [1.54, 1.807) is 18.2 Å². The maximum absolute atomic E-state index is 10.9. The molecule has 0 bridgehead atoms. The molecular formula is C14H8BrN3O3. The summed E-state index contributed by atoms with van der Waals surface area (Å²) in [7, 11) is 0. The van der Waals surface area contributed by atoms with E-state index in [1.165, 1.54) is 18.5 Å². The van der Waals surface area contributed by atoms with E-state index >= 15 is 0 Å². The van der Waals surface area contributed by atoms with Crippen molar-refractivity contribution in [2.45, 2.75) is 0 Å². The van der Waals surface area contributed by atoms with Gasteiger partial charge in [-0.1, -0.05) is 22.0 Å². The number of fused-ring (bicyclic) bond motifs is 1. The van der Waals surface area contributed by atoms with Gasteiger partial charge in [-0.2, -0.15) is 0 Å². The number of ether oxygens (including phenoxy) is 1. The third kappa shape index (κ3) is 2.82. The van der Waals surface area contributed by atoms with Crippen molar-refractivity contribution in [3.8, 4) is 11.6 Å². The van der Waals surface area contributed by atoms with Crippen LogP contribution in [0.1, 0.15) is 0 Å². The lowest BCUT2D eigenvalue weighted by Crippen LogP contribution is -1.93. The third-order valence-corrected chi connectivity index (χ3v) is 3.30. The Morgan fingerprint density at radius 1 is 1.14 bits per heavy atom. The van der Waals surface area contributed by atoms with Gasteiger partial charge < -0.3 is 4.74 Å². The number of nitro groups is 1. The quantitative estimate of drug-likeness (QED) is 0.527. The lowest BCUT2D eigenvalue weighted by molar-refractivity contribution is -0.384. The summed E-state index contributed by atoms with van der Waals surface area (Å²) in [5, 5.41) is 11.4. The Morgan fingerprint density at radius 2 is 2.00 bits per heavy atom. The number of nitro benzene ring substituents is 1. The van der Waals surface area contributed by atoms with Crippen molar-refractivity contribution in [3.05, 3.63) is 63.4 Å². The van der Waals surface area contributed by atoms with Crippen molar-refractivity contribution in [2.75, 3.05) is 0 Å². The minimum atomic E-state index is -0.463. The molecule has 1 heterocycles. The Morgan fingerprint density at radius 3 is 2.76 bits per heavy atom. The van der Waals surface area contributed by atoms with E-state index in [4.69, 9.17) is 4.74 Å². The fraction of sp³-hybridized carbons (Fsp3) is 0. The molecule has 0 aliphatic carbocycles. The second-order valence-corrected chi connectivity index (χ2v) is 5.11. The number of nitrogens with zero attached hydrogens (tertiary/aromatic N) is 3. The molecule has 0 spiro atoms. The maximum Gasteiger partial charge on any atom is 0.270 e. The molecule has 3 rings (SSSR count).